The fourth-order valence-corrected chi connectivity index (χ4v) is 7.64. The van der Waals surface area contributed by atoms with Crippen molar-refractivity contribution in [1.29, 1.82) is 0 Å². The molecule has 0 unspecified atom stereocenters. The number of thiol groups is 3. The zero-order chi connectivity index (χ0) is 62.2. The van der Waals surface area contributed by atoms with Crippen molar-refractivity contribution < 1.29 is 82.4 Å². The fraction of sp³-hybridized carbons (Fsp3) is 0.543. The average Bonchev–Trinajstić information content (AvgIpc) is 3.42. The van der Waals surface area contributed by atoms with Crippen molar-refractivity contribution in [1.82, 2.24) is 58.5 Å². The Morgan fingerprint density at radius 1 is 0.524 bits per heavy atom. The Balaban J connectivity index is 3.21. The van der Waals surface area contributed by atoms with Crippen LogP contribution in [-0.2, 0) is 73.5 Å². The first-order valence-electron chi connectivity index (χ1n) is 24.9. The standard InChI is InChI=1S/C46H72N16O17S3/c1-3-21(2)37(62-44(78)30(20-82)60-42(76)27(13-35(68)69)55-32(65)14-47)45(79)61-29(19-81)43(77)58-24(5-4-10-51-46(49)50)38(72)52-15-34(67)57-26(12-31(48)64)39(73)53-16-33(66)56-25(11-22-6-8-23(63)9-7-22)41(75)59-28(18-80)40(74)54-17-36(70)71/h6-9,21,24-30,37,63,80-82H,3-5,10-20,47H2,1-2H3,(H2,48,64)(H,52,72)(H,53,73)(H,54,74)(H,55,65)(H,56,66)(H,57,67)(H,58,77)(H,59,75)(H,60,76)(H,61,79)(H,62,78)(H,68,69)(H,70,71)(H4,49,50,51)/t21-,24-,25-,26-,27-,28-,29-,30-,37-/m0/s1. The van der Waals surface area contributed by atoms with Crippen LogP contribution in [-0.4, -0.2) is 202 Å². The summed E-state index contributed by atoms with van der Waals surface area (Å²) in [6.07, 6.45) is -1.76. The van der Waals surface area contributed by atoms with Crippen LogP contribution in [0.1, 0.15) is 51.5 Å². The minimum Gasteiger partial charge on any atom is -0.508 e. The molecule has 9 atom stereocenters. The second kappa shape index (κ2) is 37.7. The van der Waals surface area contributed by atoms with Gasteiger partial charge in [-0.25, -0.2) is 0 Å². The molecule has 82 heavy (non-hydrogen) atoms. The number of phenols is 1. The van der Waals surface area contributed by atoms with Crippen molar-refractivity contribution in [2.45, 2.75) is 101 Å². The summed E-state index contributed by atoms with van der Waals surface area (Å²) >= 11 is 12.3. The van der Waals surface area contributed by atoms with E-state index in [-0.39, 0.29) is 61.2 Å². The van der Waals surface area contributed by atoms with Gasteiger partial charge in [-0.3, -0.25) is 72.1 Å². The second-order valence-electron chi connectivity index (χ2n) is 17.9. The lowest BCUT2D eigenvalue weighted by atomic mass is 9.97. The Hall–Kier alpha value is -8.12. The molecule has 36 heteroatoms. The van der Waals surface area contributed by atoms with E-state index in [1.165, 1.54) is 24.3 Å². The molecule has 0 spiro atoms. The number of amides is 12. The molecule has 0 aromatic heterocycles. The number of benzene rings is 1. The van der Waals surface area contributed by atoms with Gasteiger partial charge in [0.25, 0.3) is 0 Å². The topological polar surface area (TPSA) is 548 Å². The molecule has 456 valence electrons. The highest BCUT2D eigenvalue weighted by Gasteiger charge is 2.35. The Morgan fingerprint density at radius 2 is 0.951 bits per heavy atom. The molecule has 0 aliphatic heterocycles. The maximum absolute atomic E-state index is 13.8. The van der Waals surface area contributed by atoms with Gasteiger partial charge in [-0.15, -0.1) is 0 Å². The van der Waals surface area contributed by atoms with E-state index in [2.05, 4.69) is 101 Å². The van der Waals surface area contributed by atoms with E-state index in [9.17, 15) is 77.3 Å². The molecule has 0 aliphatic rings. The molecular formula is C46H72N16O17S3. The summed E-state index contributed by atoms with van der Waals surface area (Å²) in [5.41, 5.74) is 21.8. The molecule has 1 rings (SSSR count). The number of aromatic hydroxyl groups is 1. The van der Waals surface area contributed by atoms with Gasteiger partial charge in [0, 0.05) is 30.2 Å². The van der Waals surface area contributed by atoms with Crippen LogP contribution in [0.5, 0.6) is 5.75 Å². The highest BCUT2D eigenvalue weighted by atomic mass is 32.1. The normalized spacial score (nSPS) is 14.0. The van der Waals surface area contributed by atoms with Crippen molar-refractivity contribution >= 4 is 127 Å². The highest BCUT2D eigenvalue weighted by Crippen LogP contribution is 2.13. The number of carbonyl (C=O) groups is 14. The summed E-state index contributed by atoms with van der Waals surface area (Å²) in [4.78, 5) is 183. The minimum absolute atomic E-state index is 0.0403. The summed E-state index contributed by atoms with van der Waals surface area (Å²) < 4.78 is 0. The smallest absolute Gasteiger partial charge is 0.322 e. The Morgan fingerprint density at radius 3 is 1.44 bits per heavy atom. The number of carboxylic acid groups (broad SMARTS) is 2. The largest absolute Gasteiger partial charge is 0.508 e. The van der Waals surface area contributed by atoms with Gasteiger partial charge in [-0.2, -0.15) is 37.9 Å². The summed E-state index contributed by atoms with van der Waals surface area (Å²) in [5, 5.41) is 53.2. The third-order valence-electron chi connectivity index (χ3n) is 11.4. The van der Waals surface area contributed by atoms with E-state index in [4.69, 9.17) is 28.0 Å². The number of hydrogen-bond donors (Lipinski definition) is 21. The maximum atomic E-state index is 13.8. The summed E-state index contributed by atoms with van der Waals surface area (Å²) in [5.74, 6) is -16.8. The lowest BCUT2D eigenvalue weighted by Crippen LogP contribution is -2.61. The number of phenolic OH excluding ortho intramolecular Hbond substituents is 1. The summed E-state index contributed by atoms with van der Waals surface area (Å²) in [6.45, 7) is 0.119. The summed E-state index contributed by atoms with van der Waals surface area (Å²) in [7, 11) is 0. The molecule has 33 nitrogen and oxygen atoms in total. The Labute approximate surface area is 485 Å². The second-order valence-corrected chi connectivity index (χ2v) is 19.0. The van der Waals surface area contributed by atoms with Crippen LogP contribution in [0.4, 0.5) is 0 Å². The number of rotatable bonds is 38. The Kier molecular flexibility index (Phi) is 33.1. The highest BCUT2D eigenvalue weighted by molar-refractivity contribution is 7.80. The van der Waals surface area contributed by atoms with E-state index in [0.717, 1.165) is 0 Å². The number of carbonyl (C=O) groups excluding carboxylic acids is 12. The first-order valence-corrected chi connectivity index (χ1v) is 26.8. The number of carboxylic acids is 2. The van der Waals surface area contributed by atoms with Crippen molar-refractivity contribution in [3.63, 3.8) is 0 Å². The van der Waals surface area contributed by atoms with Gasteiger partial charge in [-0.05, 0) is 36.5 Å². The lowest BCUT2D eigenvalue weighted by Gasteiger charge is -2.28. The van der Waals surface area contributed by atoms with Gasteiger partial charge in [-0.1, -0.05) is 32.4 Å². The number of nitrogens with zero attached hydrogens (tertiary/aromatic N) is 1. The van der Waals surface area contributed by atoms with E-state index in [1.807, 2.05) is 0 Å². The molecule has 0 radical (unpaired) electrons. The SMILES string of the molecule is CC[C@H](C)[C@H](NC(=O)[C@H](CS)NC(=O)[C@H](CC(=O)O)NC(=O)CN)C(=O)N[C@@H](CS)C(=O)N[C@@H](CCCN=C(N)N)C(=O)NCC(=O)N[C@@H](CC(N)=O)C(=O)NCC(=O)N[C@@H](Cc1ccc(O)cc1)C(=O)N[C@@H](CS)C(=O)NCC(=O)O. The third-order valence-corrected chi connectivity index (χ3v) is 12.5. The number of guanidine groups is 1. The number of nitrogens with one attached hydrogen (secondary N) is 11. The van der Waals surface area contributed by atoms with Crippen LogP contribution in [0, 0.1) is 5.92 Å². The summed E-state index contributed by atoms with van der Waals surface area (Å²) in [6, 6.07) is -6.55. The van der Waals surface area contributed by atoms with Gasteiger partial charge in [0.1, 0.15) is 60.6 Å². The van der Waals surface area contributed by atoms with Crippen LogP contribution in [0.3, 0.4) is 0 Å². The van der Waals surface area contributed by atoms with Gasteiger partial charge in [0.2, 0.25) is 70.9 Å². The zero-order valence-electron chi connectivity index (χ0n) is 44.6. The molecule has 12 amide bonds. The molecule has 0 heterocycles. The monoisotopic (exact) mass is 1220 g/mol. The van der Waals surface area contributed by atoms with Gasteiger partial charge < -0.3 is 96.7 Å². The first kappa shape index (κ1) is 71.9. The molecular weight excluding hydrogens is 1140 g/mol. The van der Waals surface area contributed by atoms with Crippen molar-refractivity contribution in [3.05, 3.63) is 29.8 Å². The molecule has 0 aliphatic carbocycles. The van der Waals surface area contributed by atoms with Crippen LogP contribution < -0.4 is 81.4 Å². The van der Waals surface area contributed by atoms with Gasteiger partial charge in [0.15, 0.2) is 5.96 Å². The lowest BCUT2D eigenvalue weighted by molar-refractivity contribution is -0.141. The van der Waals surface area contributed by atoms with Crippen LogP contribution in [0.2, 0.25) is 0 Å². The van der Waals surface area contributed by atoms with E-state index in [1.54, 1.807) is 13.8 Å². The van der Waals surface area contributed by atoms with Gasteiger partial charge >= 0.3 is 11.9 Å². The van der Waals surface area contributed by atoms with Crippen LogP contribution in [0.25, 0.3) is 0 Å². The number of hydrogen-bond acceptors (Lipinski definition) is 20. The van der Waals surface area contributed by atoms with E-state index < -0.39 is 176 Å². The maximum Gasteiger partial charge on any atom is 0.322 e. The predicted molar refractivity (Wildman–Crippen MR) is 300 cm³/mol. The molecule has 1 aromatic carbocycles. The van der Waals surface area contributed by atoms with E-state index in [0.29, 0.717) is 5.56 Å². The molecule has 0 saturated heterocycles. The van der Waals surface area contributed by atoms with E-state index >= 15 is 0 Å². The van der Waals surface area contributed by atoms with Crippen LogP contribution >= 0.6 is 37.9 Å². The number of aliphatic carboxylic acids is 2. The number of nitrogens with two attached hydrogens (primary N) is 4. The fourth-order valence-electron chi connectivity index (χ4n) is 6.87. The minimum atomic E-state index is -1.75. The van der Waals surface area contributed by atoms with Crippen LogP contribution in [0.15, 0.2) is 29.3 Å². The predicted octanol–water partition coefficient (Wildman–Crippen LogP) is -8.56. The average molecular weight is 1220 g/mol. The zero-order valence-corrected chi connectivity index (χ0v) is 47.2. The Bertz CT molecular complexity index is 2470. The molecule has 1 aromatic rings. The molecule has 0 fully saturated rings. The third kappa shape index (κ3) is 27.8. The van der Waals surface area contributed by atoms with Crippen molar-refractivity contribution in [3.8, 4) is 5.75 Å². The van der Waals surface area contributed by atoms with Crippen molar-refractivity contribution in [2.24, 2.45) is 33.8 Å². The van der Waals surface area contributed by atoms with Crippen molar-refractivity contribution in [2.75, 3.05) is 50.0 Å². The molecule has 0 saturated carbocycles. The molecule has 22 N–H and O–H groups in total. The number of aliphatic imine (C=N–C) groups is 1. The quantitative estimate of drug-likeness (QED) is 0.0127. The van der Waals surface area contributed by atoms with Gasteiger partial charge in [0.05, 0.1) is 32.5 Å². The molecule has 0 bridgehead atoms. The number of primary amides is 1. The first-order chi connectivity index (χ1) is 38.6.